The second-order valence-electron chi connectivity index (χ2n) is 4.73. The molecule has 0 fully saturated rings. The first-order chi connectivity index (χ1) is 11.0. The maximum absolute atomic E-state index is 13.5. The Balaban J connectivity index is 1.83. The van der Waals surface area contributed by atoms with Gasteiger partial charge in [-0.25, -0.2) is 0 Å². The summed E-state index contributed by atoms with van der Waals surface area (Å²) in [6.45, 7) is 0.437. The third-order valence-corrected chi connectivity index (χ3v) is 3.09. The van der Waals surface area contributed by atoms with Crippen molar-refractivity contribution in [2.45, 2.75) is 6.54 Å². The summed E-state index contributed by atoms with van der Waals surface area (Å²) in [5.41, 5.74) is 0.207. The lowest BCUT2D eigenvalue weighted by Crippen LogP contribution is -2.05. The van der Waals surface area contributed by atoms with E-state index in [0.29, 0.717) is 6.54 Å². The van der Waals surface area contributed by atoms with Crippen molar-refractivity contribution in [1.82, 2.24) is 14.8 Å². The molecule has 8 heteroatoms. The fourth-order valence-electron chi connectivity index (χ4n) is 2.03. The lowest BCUT2D eigenvalue weighted by molar-refractivity contribution is 0.411. The summed E-state index contributed by atoms with van der Waals surface area (Å²) in [5.74, 6) is -6.63. The Kier molecular flexibility index (Phi) is 3.96. The molecule has 2 heterocycles. The first-order valence-corrected chi connectivity index (χ1v) is 6.58. The van der Waals surface area contributed by atoms with E-state index in [9.17, 15) is 17.6 Å². The van der Waals surface area contributed by atoms with E-state index in [2.05, 4.69) is 15.4 Å². The van der Waals surface area contributed by atoms with Gasteiger partial charge in [-0.2, -0.15) is 27.6 Å². The van der Waals surface area contributed by atoms with Gasteiger partial charge in [0.25, 0.3) is 11.9 Å². The van der Waals surface area contributed by atoms with Crippen LogP contribution in [0.15, 0.2) is 42.7 Å². The molecule has 1 N–H and O–H groups in total. The number of rotatable bonds is 4. The maximum atomic E-state index is 13.5. The van der Waals surface area contributed by atoms with Crippen LogP contribution in [0.4, 0.5) is 28.9 Å². The average molecular weight is 322 g/mol. The molecule has 3 rings (SSSR count). The van der Waals surface area contributed by atoms with E-state index in [1.807, 2.05) is 30.3 Å². The fourth-order valence-corrected chi connectivity index (χ4v) is 2.03. The summed E-state index contributed by atoms with van der Waals surface area (Å²) in [6, 6.07) is 9.39. The van der Waals surface area contributed by atoms with E-state index < -0.39 is 29.2 Å². The lowest BCUT2D eigenvalue weighted by Gasteiger charge is -2.07. The van der Waals surface area contributed by atoms with Crippen LogP contribution in [0.1, 0.15) is 5.56 Å². The van der Waals surface area contributed by atoms with Crippen molar-refractivity contribution < 1.29 is 17.6 Å². The molecule has 0 radical (unpaired) electrons. The zero-order chi connectivity index (χ0) is 16.4. The first kappa shape index (κ1) is 15.0. The Hall–Kier alpha value is -2.90. The summed E-state index contributed by atoms with van der Waals surface area (Å²) in [5, 5.41) is 6.29. The standard InChI is InChI=1S/C15H10F4N4/c16-11-13(12(17)15(19)22-14(11)18)21-10-6-20-23(8-10)7-9-4-2-1-3-5-9/h1-6,8H,7H2,(H,21,22). The molecule has 1 aromatic carbocycles. The zero-order valence-corrected chi connectivity index (χ0v) is 11.6. The number of nitrogens with one attached hydrogen (secondary N) is 1. The van der Waals surface area contributed by atoms with Gasteiger partial charge in [0, 0.05) is 6.20 Å². The lowest BCUT2D eigenvalue weighted by atomic mass is 10.2. The summed E-state index contributed by atoms with van der Waals surface area (Å²) in [7, 11) is 0. The Labute approximate surface area is 128 Å². The molecule has 4 nitrogen and oxygen atoms in total. The van der Waals surface area contributed by atoms with Gasteiger partial charge in [0.2, 0.25) is 11.6 Å². The van der Waals surface area contributed by atoms with Crippen molar-refractivity contribution in [2.75, 3.05) is 5.32 Å². The highest BCUT2D eigenvalue weighted by atomic mass is 19.2. The van der Waals surface area contributed by atoms with Crippen LogP contribution >= 0.6 is 0 Å². The highest BCUT2D eigenvalue weighted by molar-refractivity contribution is 5.59. The molecule has 118 valence electrons. The van der Waals surface area contributed by atoms with Gasteiger partial charge in [0.15, 0.2) is 0 Å². The molecule has 0 aliphatic rings. The monoisotopic (exact) mass is 322 g/mol. The number of nitrogens with zero attached hydrogens (tertiary/aromatic N) is 3. The van der Waals surface area contributed by atoms with Crippen molar-refractivity contribution >= 4 is 11.4 Å². The second kappa shape index (κ2) is 6.07. The van der Waals surface area contributed by atoms with Gasteiger partial charge in [-0.15, -0.1) is 0 Å². The first-order valence-electron chi connectivity index (χ1n) is 6.58. The number of halogens is 4. The van der Waals surface area contributed by atoms with Crippen molar-refractivity contribution in [1.29, 1.82) is 0 Å². The fraction of sp³-hybridized carbons (Fsp3) is 0.0667. The minimum Gasteiger partial charge on any atom is -0.348 e. The third-order valence-electron chi connectivity index (χ3n) is 3.09. The van der Waals surface area contributed by atoms with Gasteiger partial charge >= 0.3 is 0 Å². The van der Waals surface area contributed by atoms with Crippen LogP contribution in [0.25, 0.3) is 0 Å². The summed E-state index contributed by atoms with van der Waals surface area (Å²) < 4.78 is 54.7. The van der Waals surface area contributed by atoms with Gasteiger partial charge in [0.05, 0.1) is 18.4 Å². The number of hydrogen-bond donors (Lipinski definition) is 1. The molecule has 0 amide bonds. The molecule has 0 spiro atoms. The van der Waals surface area contributed by atoms with Crippen LogP contribution in [-0.4, -0.2) is 14.8 Å². The van der Waals surface area contributed by atoms with Crippen LogP contribution < -0.4 is 5.32 Å². The van der Waals surface area contributed by atoms with Gasteiger partial charge in [-0.05, 0) is 5.56 Å². The average Bonchev–Trinajstić information content (AvgIpc) is 2.98. The number of benzene rings is 1. The Morgan fingerprint density at radius 2 is 1.61 bits per heavy atom. The van der Waals surface area contributed by atoms with Gasteiger partial charge in [-0.3, -0.25) is 4.68 Å². The van der Waals surface area contributed by atoms with Gasteiger partial charge in [-0.1, -0.05) is 30.3 Å². The summed E-state index contributed by atoms with van der Waals surface area (Å²) in [6.07, 6.45) is 2.75. The molecule has 3 aromatic rings. The van der Waals surface area contributed by atoms with Crippen molar-refractivity contribution in [2.24, 2.45) is 0 Å². The van der Waals surface area contributed by atoms with E-state index in [0.717, 1.165) is 5.56 Å². The van der Waals surface area contributed by atoms with Gasteiger partial charge in [0.1, 0.15) is 5.69 Å². The third kappa shape index (κ3) is 3.15. The van der Waals surface area contributed by atoms with Crippen molar-refractivity contribution in [3.63, 3.8) is 0 Å². The molecular weight excluding hydrogens is 312 g/mol. The van der Waals surface area contributed by atoms with Crippen LogP contribution in [0.3, 0.4) is 0 Å². The topological polar surface area (TPSA) is 42.7 Å². The number of aromatic nitrogens is 3. The predicted molar refractivity (Wildman–Crippen MR) is 75.1 cm³/mol. The summed E-state index contributed by atoms with van der Waals surface area (Å²) in [4.78, 5) is 2.49. The van der Waals surface area contributed by atoms with E-state index in [4.69, 9.17) is 0 Å². The SMILES string of the molecule is Fc1nc(F)c(F)c(Nc2cnn(Cc3ccccc3)c2)c1F. The second-order valence-corrected chi connectivity index (χ2v) is 4.73. The molecule has 0 aliphatic heterocycles. The molecule has 0 aliphatic carbocycles. The summed E-state index contributed by atoms with van der Waals surface area (Å²) >= 11 is 0. The highest BCUT2D eigenvalue weighted by Crippen LogP contribution is 2.25. The number of pyridine rings is 1. The number of anilines is 2. The molecular formula is C15H10F4N4. The van der Waals surface area contributed by atoms with E-state index in [-0.39, 0.29) is 5.69 Å². The Bertz CT molecular complexity index is 807. The minimum absolute atomic E-state index is 0.184. The Morgan fingerprint density at radius 3 is 2.26 bits per heavy atom. The predicted octanol–water partition coefficient (Wildman–Crippen LogP) is 3.63. The highest BCUT2D eigenvalue weighted by Gasteiger charge is 2.21. The molecule has 0 bridgehead atoms. The smallest absolute Gasteiger partial charge is 0.253 e. The molecule has 0 atom stereocenters. The molecule has 0 saturated carbocycles. The largest absolute Gasteiger partial charge is 0.348 e. The molecule has 2 aromatic heterocycles. The molecule has 23 heavy (non-hydrogen) atoms. The van der Waals surface area contributed by atoms with Crippen LogP contribution in [-0.2, 0) is 6.54 Å². The van der Waals surface area contributed by atoms with E-state index in [1.165, 1.54) is 17.1 Å². The normalized spacial score (nSPS) is 10.8. The maximum Gasteiger partial charge on any atom is 0.253 e. The minimum atomic E-state index is -1.72. The van der Waals surface area contributed by atoms with Crippen molar-refractivity contribution in [3.05, 3.63) is 71.8 Å². The van der Waals surface area contributed by atoms with E-state index in [1.54, 1.807) is 0 Å². The van der Waals surface area contributed by atoms with Crippen LogP contribution in [0.2, 0.25) is 0 Å². The van der Waals surface area contributed by atoms with Crippen LogP contribution in [0.5, 0.6) is 0 Å². The number of hydrogen-bond acceptors (Lipinski definition) is 3. The van der Waals surface area contributed by atoms with Gasteiger partial charge < -0.3 is 5.32 Å². The molecule has 0 unspecified atom stereocenters. The van der Waals surface area contributed by atoms with Crippen LogP contribution in [0, 0.1) is 23.5 Å². The quantitative estimate of drug-likeness (QED) is 0.589. The van der Waals surface area contributed by atoms with Crippen molar-refractivity contribution in [3.8, 4) is 0 Å². The van der Waals surface area contributed by atoms with E-state index >= 15 is 0 Å². The molecule has 0 saturated heterocycles. The Morgan fingerprint density at radius 1 is 0.957 bits per heavy atom. The zero-order valence-electron chi connectivity index (χ0n) is 11.6.